The minimum Gasteiger partial charge on any atom is -0.454 e. The van der Waals surface area contributed by atoms with Gasteiger partial charge in [-0.1, -0.05) is 24.3 Å². The lowest BCUT2D eigenvalue weighted by molar-refractivity contribution is 0.521. The number of aryl methyl sites for hydroxylation is 1. The minimum atomic E-state index is -3.57. The lowest BCUT2D eigenvalue weighted by atomic mass is 10.2. The molecule has 10 heteroatoms. The normalized spacial score (nSPS) is 13.0. The molecule has 0 fully saturated rings. The van der Waals surface area contributed by atoms with Gasteiger partial charge in [-0.15, -0.1) is 22.7 Å². The van der Waals surface area contributed by atoms with Crippen molar-refractivity contribution in [2.45, 2.75) is 11.8 Å². The molecule has 3 aromatic heterocycles. The topological polar surface area (TPSA) is 80.2 Å². The molecule has 0 aliphatic heterocycles. The number of rotatable bonds is 6. The van der Waals surface area contributed by atoms with Crippen LogP contribution in [0.25, 0.3) is 22.4 Å². The quantitative estimate of drug-likeness (QED) is 0.268. The van der Waals surface area contributed by atoms with Crippen LogP contribution < -0.4 is 4.80 Å². The molecule has 0 spiro atoms. The maximum atomic E-state index is 12.6. The van der Waals surface area contributed by atoms with Crippen molar-refractivity contribution in [3.8, 4) is 11.5 Å². The van der Waals surface area contributed by atoms with Crippen molar-refractivity contribution in [1.82, 2.24) is 8.98 Å². The molecule has 0 radical (unpaired) electrons. The first-order valence-corrected chi connectivity index (χ1v) is 13.9. The second kappa shape index (κ2) is 9.38. The van der Waals surface area contributed by atoms with Gasteiger partial charge >= 0.3 is 0 Å². The standard InChI is InChI=1S/C25H22N4O3S3/c1-17-11-12-33-24(17)15-26-29-21(23-13-18-7-4-5-10-22(18)32-23)16-34-25(29)27-19-8-6-9-20(14-19)35(30,31)28(2)3/h4-16H,1-3H3. The van der Waals surface area contributed by atoms with Crippen LogP contribution in [-0.2, 0) is 10.0 Å². The highest BCUT2D eigenvalue weighted by atomic mass is 32.2. The Hall–Kier alpha value is -3.31. The first kappa shape index (κ1) is 23.4. The fraction of sp³-hybridized carbons (Fsp3) is 0.120. The average Bonchev–Trinajstić information content (AvgIpc) is 3.55. The van der Waals surface area contributed by atoms with Crippen LogP contribution in [0, 0.1) is 6.92 Å². The van der Waals surface area contributed by atoms with Crippen molar-refractivity contribution in [1.29, 1.82) is 0 Å². The molecule has 0 aliphatic carbocycles. The van der Waals surface area contributed by atoms with Crippen molar-refractivity contribution in [2.75, 3.05) is 14.1 Å². The lowest BCUT2D eigenvalue weighted by Crippen LogP contribution is -2.22. The fourth-order valence-corrected chi connectivity index (χ4v) is 5.99. The summed E-state index contributed by atoms with van der Waals surface area (Å²) in [4.78, 5) is 6.56. The van der Waals surface area contributed by atoms with Crippen molar-refractivity contribution in [3.05, 3.63) is 86.7 Å². The molecule has 0 saturated carbocycles. The van der Waals surface area contributed by atoms with Crippen LogP contribution in [0.3, 0.4) is 0 Å². The number of aromatic nitrogens is 1. The molecular formula is C25H22N4O3S3. The molecule has 7 nitrogen and oxygen atoms in total. The SMILES string of the molecule is Cc1ccsc1C=Nn1c(-c2cc3ccccc3o2)csc1=Nc1cccc(S(=O)(=O)N(C)C)c1. The highest BCUT2D eigenvalue weighted by Gasteiger charge is 2.18. The first-order chi connectivity index (χ1) is 16.8. The highest BCUT2D eigenvalue weighted by Crippen LogP contribution is 2.29. The Labute approximate surface area is 211 Å². The number of nitrogens with zero attached hydrogens (tertiary/aromatic N) is 4. The van der Waals surface area contributed by atoms with Gasteiger partial charge in [0, 0.05) is 24.9 Å². The molecule has 0 atom stereocenters. The molecule has 35 heavy (non-hydrogen) atoms. The zero-order valence-electron chi connectivity index (χ0n) is 19.2. The van der Waals surface area contributed by atoms with E-state index < -0.39 is 10.0 Å². The molecule has 178 valence electrons. The predicted molar refractivity (Wildman–Crippen MR) is 142 cm³/mol. The van der Waals surface area contributed by atoms with Gasteiger partial charge in [-0.2, -0.15) is 5.10 Å². The van der Waals surface area contributed by atoms with E-state index in [1.807, 2.05) is 60.3 Å². The summed E-state index contributed by atoms with van der Waals surface area (Å²) in [7, 11) is -0.558. The second-order valence-electron chi connectivity index (χ2n) is 7.97. The molecule has 2 aromatic carbocycles. The monoisotopic (exact) mass is 522 g/mol. The van der Waals surface area contributed by atoms with Crippen molar-refractivity contribution in [3.63, 3.8) is 0 Å². The van der Waals surface area contributed by atoms with E-state index in [2.05, 4.69) is 0 Å². The molecule has 0 unspecified atom stereocenters. The molecule has 0 saturated heterocycles. The Morgan fingerprint density at radius 3 is 2.60 bits per heavy atom. The van der Waals surface area contributed by atoms with Crippen LogP contribution in [0.1, 0.15) is 10.4 Å². The van der Waals surface area contributed by atoms with Gasteiger partial charge in [0.25, 0.3) is 0 Å². The number of sulfonamides is 1. The Morgan fingerprint density at radius 2 is 1.86 bits per heavy atom. The number of benzene rings is 2. The third-order valence-electron chi connectivity index (χ3n) is 5.38. The Kier molecular flexibility index (Phi) is 6.28. The van der Waals surface area contributed by atoms with Gasteiger partial charge < -0.3 is 4.42 Å². The van der Waals surface area contributed by atoms with Crippen LogP contribution in [0.2, 0.25) is 0 Å². The Balaban J connectivity index is 1.66. The number of fused-ring (bicyclic) bond motifs is 1. The Bertz CT molecular complexity index is 1690. The summed E-state index contributed by atoms with van der Waals surface area (Å²) in [6.45, 7) is 2.04. The summed E-state index contributed by atoms with van der Waals surface area (Å²) in [5.41, 5.74) is 3.20. The van der Waals surface area contributed by atoms with Crippen molar-refractivity contribution in [2.24, 2.45) is 10.1 Å². The fourth-order valence-electron chi connectivity index (χ4n) is 3.43. The lowest BCUT2D eigenvalue weighted by Gasteiger charge is -2.11. The minimum absolute atomic E-state index is 0.182. The van der Waals surface area contributed by atoms with Crippen LogP contribution in [0.4, 0.5) is 5.69 Å². The second-order valence-corrected chi connectivity index (χ2v) is 11.9. The molecule has 0 N–H and O–H groups in total. The third kappa shape index (κ3) is 4.65. The van der Waals surface area contributed by atoms with Gasteiger partial charge in [0.15, 0.2) is 5.76 Å². The number of hydrogen-bond acceptors (Lipinski definition) is 7. The summed E-state index contributed by atoms with van der Waals surface area (Å²) in [6.07, 6.45) is 1.81. The number of furan rings is 1. The summed E-state index contributed by atoms with van der Waals surface area (Å²) < 4.78 is 34.2. The zero-order chi connectivity index (χ0) is 24.6. The van der Waals surface area contributed by atoms with Gasteiger partial charge in [-0.25, -0.2) is 22.4 Å². The molecular weight excluding hydrogens is 501 g/mol. The van der Waals surface area contributed by atoms with E-state index >= 15 is 0 Å². The van der Waals surface area contributed by atoms with Gasteiger partial charge in [-0.05, 0) is 54.3 Å². The number of hydrogen-bond donors (Lipinski definition) is 0. The predicted octanol–water partition coefficient (Wildman–Crippen LogP) is 5.70. The third-order valence-corrected chi connectivity index (χ3v) is 8.96. The van der Waals surface area contributed by atoms with E-state index in [-0.39, 0.29) is 4.90 Å². The largest absolute Gasteiger partial charge is 0.454 e. The Morgan fingerprint density at radius 1 is 1.03 bits per heavy atom. The van der Waals surface area contributed by atoms with E-state index in [4.69, 9.17) is 14.5 Å². The summed E-state index contributed by atoms with van der Waals surface area (Å²) in [5.74, 6) is 0.674. The van der Waals surface area contributed by atoms with Crippen molar-refractivity contribution >= 4 is 55.6 Å². The molecule has 5 rings (SSSR count). The van der Waals surface area contributed by atoms with E-state index in [1.165, 1.54) is 29.7 Å². The van der Waals surface area contributed by atoms with E-state index in [0.29, 0.717) is 16.2 Å². The van der Waals surface area contributed by atoms with Crippen LogP contribution in [0.5, 0.6) is 0 Å². The maximum absolute atomic E-state index is 12.6. The van der Waals surface area contributed by atoms with Crippen LogP contribution >= 0.6 is 22.7 Å². The van der Waals surface area contributed by atoms with Crippen molar-refractivity contribution < 1.29 is 12.8 Å². The summed E-state index contributed by atoms with van der Waals surface area (Å²) in [5, 5.41) is 9.71. The average molecular weight is 523 g/mol. The van der Waals surface area contributed by atoms with Gasteiger partial charge in [0.1, 0.15) is 11.3 Å². The number of thiazole rings is 1. The van der Waals surface area contributed by atoms with Crippen LogP contribution in [0.15, 0.2) is 90.8 Å². The number of thiophene rings is 1. The molecule has 3 heterocycles. The molecule has 0 bridgehead atoms. The summed E-state index contributed by atoms with van der Waals surface area (Å²) >= 11 is 3.01. The molecule has 0 amide bonds. The first-order valence-electron chi connectivity index (χ1n) is 10.7. The van der Waals surface area contributed by atoms with Gasteiger partial charge in [0.2, 0.25) is 14.8 Å². The van der Waals surface area contributed by atoms with Crippen LogP contribution in [-0.4, -0.2) is 37.7 Å². The van der Waals surface area contributed by atoms with Gasteiger partial charge in [-0.3, -0.25) is 0 Å². The zero-order valence-corrected chi connectivity index (χ0v) is 21.7. The molecule has 5 aromatic rings. The number of para-hydroxylation sites is 1. The van der Waals surface area contributed by atoms with E-state index in [9.17, 15) is 8.42 Å². The van der Waals surface area contributed by atoms with E-state index in [0.717, 1.165) is 27.1 Å². The van der Waals surface area contributed by atoms with Gasteiger partial charge in [0.05, 0.1) is 21.7 Å². The smallest absolute Gasteiger partial charge is 0.242 e. The maximum Gasteiger partial charge on any atom is 0.242 e. The molecule has 0 aliphatic rings. The summed E-state index contributed by atoms with van der Waals surface area (Å²) in [6, 6.07) is 18.4. The van der Waals surface area contributed by atoms with E-state index in [1.54, 1.807) is 40.3 Å². The highest BCUT2D eigenvalue weighted by molar-refractivity contribution is 7.89.